The number of rotatable bonds is 11. The topological polar surface area (TPSA) is 114 Å². The number of ether oxygens (including phenoxy) is 1. The van der Waals surface area contributed by atoms with Gasteiger partial charge in [-0.15, -0.1) is 0 Å². The standard InChI is InChI=1S/C11H25NO6/c1-2-3-18-9-12(4-10(17)5-13)11(6-14,7-15)8-16/h10,13-17H,2-9H2,1H3. The largest absolute Gasteiger partial charge is 0.394 e. The lowest BCUT2D eigenvalue weighted by Crippen LogP contribution is -2.59. The summed E-state index contributed by atoms with van der Waals surface area (Å²) in [5.74, 6) is 0. The van der Waals surface area contributed by atoms with E-state index in [2.05, 4.69) is 0 Å². The highest BCUT2D eigenvalue weighted by atomic mass is 16.5. The van der Waals surface area contributed by atoms with Crippen LogP contribution in [0.5, 0.6) is 0 Å². The van der Waals surface area contributed by atoms with E-state index in [9.17, 15) is 20.4 Å². The van der Waals surface area contributed by atoms with Crippen molar-refractivity contribution in [1.29, 1.82) is 0 Å². The molecule has 1 atom stereocenters. The fourth-order valence-corrected chi connectivity index (χ4v) is 1.46. The third kappa shape index (κ3) is 5.15. The van der Waals surface area contributed by atoms with Crippen LogP contribution in [0.25, 0.3) is 0 Å². The van der Waals surface area contributed by atoms with Crippen LogP contribution in [0.15, 0.2) is 0 Å². The zero-order valence-electron chi connectivity index (χ0n) is 10.8. The molecule has 0 bridgehead atoms. The molecule has 0 saturated heterocycles. The Balaban J connectivity index is 4.68. The molecule has 110 valence electrons. The number of hydrogen-bond donors (Lipinski definition) is 5. The van der Waals surface area contributed by atoms with Crippen molar-refractivity contribution >= 4 is 0 Å². The molecule has 0 aliphatic carbocycles. The Hall–Kier alpha value is -0.280. The SMILES string of the molecule is CCCOCN(CC(O)CO)C(CO)(CO)CO. The average Bonchev–Trinajstić information content (AvgIpc) is 2.41. The van der Waals surface area contributed by atoms with Gasteiger partial charge in [0.2, 0.25) is 0 Å². The van der Waals surface area contributed by atoms with E-state index in [0.29, 0.717) is 6.61 Å². The molecule has 0 aromatic carbocycles. The molecule has 0 radical (unpaired) electrons. The van der Waals surface area contributed by atoms with E-state index in [1.54, 1.807) is 0 Å². The summed E-state index contributed by atoms with van der Waals surface area (Å²) in [4.78, 5) is 1.43. The van der Waals surface area contributed by atoms with Crippen LogP contribution in [-0.4, -0.2) is 88.4 Å². The quantitative estimate of drug-likeness (QED) is 0.212. The summed E-state index contributed by atoms with van der Waals surface area (Å²) < 4.78 is 5.30. The maximum Gasteiger partial charge on any atom is 0.0997 e. The number of β-amino-alcohol motifs (C(OH)–C–C–N with tert-alkyl or cyclic N) is 1. The Morgan fingerprint density at radius 2 is 1.67 bits per heavy atom. The van der Waals surface area contributed by atoms with E-state index in [0.717, 1.165) is 6.42 Å². The molecule has 0 fully saturated rings. The van der Waals surface area contributed by atoms with Gasteiger partial charge in [0.15, 0.2) is 0 Å². The molecule has 5 N–H and O–H groups in total. The van der Waals surface area contributed by atoms with Gasteiger partial charge in [-0.05, 0) is 6.42 Å². The van der Waals surface area contributed by atoms with Crippen LogP contribution >= 0.6 is 0 Å². The first-order chi connectivity index (χ1) is 8.60. The van der Waals surface area contributed by atoms with Crippen molar-refractivity contribution in [3.05, 3.63) is 0 Å². The number of hydrogen-bond acceptors (Lipinski definition) is 7. The molecule has 0 rings (SSSR count). The maximum absolute atomic E-state index is 9.44. The molecule has 1 unspecified atom stereocenters. The highest BCUT2D eigenvalue weighted by Crippen LogP contribution is 2.15. The van der Waals surface area contributed by atoms with Gasteiger partial charge in [0.25, 0.3) is 0 Å². The number of aliphatic hydroxyl groups excluding tert-OH is 5. The summed E-state index contributed by atoms with van der Waals surface area (Å²) in [5.41, 5.74) is -1.27. The fraction of sp³-hybridized carbons (Fsp3) is 1.00. The minimum atomic E-state index is -1.27. The van der Waals surface area contributed by atoms with Gasteiger partial charge in [0, 0.05) is 13.2 Å². The second kappa shape index (κ2) is 9.62. The molecule has 0 saturated carbocycles. The van der Waals surface area contributed by atoms with Crippen LogP contribution in [0.4, 0.5) is 0 Å². The van der Waals surface area contributed by atoms with Gasteiger partial charge in [-0.1, -0.05) is 6.92 Å². The molecule has 7 nitrogen and oxygen atoms in total. The van der Waals surface area contributed by atoms with Gasteiger partial charge in [0.1, 0.15) is 0 Å². The lowest BCUT2D eigenvalue weighted by Gasteiger charge is -2.40. The molecular formula is C11H25NO6. The second-order valence-electron chi connectivity index (χ2n) is 4.29. The predicted molar refractivity (Wildman–Crippen MR) is 64.9 cm³/mol. The van der Waals surface area contributed by atoms with Crippen LogP contribution in [0, 0.1) is 0 Å². The molecule has 0 aromatic heterocycles. The van der Waals surface area contributed by atoms with Crippen molar-refractivity contribution < 1.29 is 30.3 Å². The lowest BCUT2D eigenvalue weighted by atomic mass is 10.0. The molecule has 7 heteroatoms. The summed E-state index contributed by atoms with van der Waals surface area (Å²) >= 11 is 0. The van der Waals surface area contributed by atoms with Crippen LogP contribution in [0.1, 0.15) is 13.3 Å². The second-order valence-corrected chi connectivity index (χ2v) is 4.29. The van der Waals surface area contributed by atoms with Crippen molar-refractivity contribution in [3.8, 4) is 0 Å². The summed E-state index contributed by atoms with van der Waals surface area (Å²) in [5, 5.41) is 46.3. The normalized spacial score (nSPS) is 14.2. The van der Waals surface area contributed by atoms with E-state index < -0.39 is 38.1 Å². The van der Waals surface area contributed by atoms with Crippen molar-refractivity contribution in [2.24, 2.45) is 0 Å². The molecule has 0 amide bonds. The van der Waals surface area contributed by atoms with E-state index in [4.69, 9.17) is 9.84 Å². The molecular weight excluding hydrogens is 242 g/mol. The first-order valence-corrected chi connectivity index (χ1v) is 6.04. The monoisotopic (exact) mass is 267 g/mol. The Morgan fingerprint density at radius 3 is 2.06 bits per heavy atom. The highest BCUT2D eigenvalue weighted by Gasteiger charge is 2.36. The van der Waals surface area contributed by atoms with E-state index in [1.807, 2.05) is 6.92 Å². The maximum atomic E-state index is 9.44. The first-order valence-electron chi connectivity index (χ1n) is 6.04. The van der Waals surface area contributed by atoms with Crippen LogP contribution in [-0.2, 0) is 4.74 Å². The third-order valence-electron chi connectivity index (χ3n) is 2.79. The molecule has 0 aliphatic rings. The lowest BCUT2D eigenvalue weighted by molar-refractivity contribution is -0.115. The van der Waals surface area contributed by atoms with Crippen LogP contribution in [0.3, 0.4) is 0 Å². The zero-order valence-corrected chi connectivity index (χ0v) is 10.8. The Bertz CT molecular complexity index is 192. The summed E-state index contributed by atoms with van der Waals surface area (Å²) in [6.45, 7) is 0.584. The minimum absolute atomic E-state index is 0.0120. The minimum Gasteiger partial charge on any atom is -0.394 e. The summed E-state index contributed by atoms with van der Waals surface area (Å²) in [6, 6.07) is 0. The van der Waals surface area contributed by atoms with E-state index >= 15 is 0 Å². The highest BCUT2D eigenvalue weighted by molar-refractivity contribution is 4.89. The van der Waals surface area contributed by atoms with Gasteiger partial charge in [-0.25, -0.2) is 0 Å². The first kappa shape index (κ1) is 17.7. The van der Waals surface area contributed by atoms with Crippen molar-refractivity contribution in [2.45, 2.75) is 25.0 Å². The zero-order chi connectivity index (χ0) is 14.0. The van der Waals surface area contributed by atoms with Crippen molar-refractivity contribution in [2.75, 3.05) is 46.3 Å². The average molecular weight is 267 g/mol. The third-order valence-corrected chi connectivity index (χ3v) is 2.79. The number of aliphatic hydroxyl groups is 5. The molecule has 18 heavy (non-hydrogen) atoms. The van der Waals surface area contributed by atoms with Gasteiger partial charge in [0.05, 0.1) is 44.8 Å². The van der Waals surface area contributed by atoms with Gasteiger partial charge < -0.3 is 30.3 Å². The molecule has 0 aliphatic heterocycles. The Labute approximate surface area is 107 Å². The van der Waals surface area contributed by atoms with E-state index in [-0.39, 0.29) is 13.3 Å². The van der Waals surface area contributed by atoms with Gasteiger partial charge in [-0.2, -0.15) is 0 Å². The van der Waals surface area contributed by atoms with Crippen LogP contribution < -0.4 is 0 Å². The summed E-state index contributed by atoms with van der Waals surface area (Å²) in [7, 11) is 0. The smallest absolute Gasteiger partial charge is 0.0997 e. The molecule has 0 spiro atoms. The fourth-order valence-electron chi connectivity index (χ4n) is 1.46. The van der Waals surface area contributed by atoms with E-state index in [1.165, 1.54) is 4.90 Å². The predicted octanol–water partition coefficient (Wildman–Crippen LogP) is -2.26. The molecule has 0 heterocycles. The Kier molecular flexibility index (Phi) is 9.47. The van der Waals surface area contributed by atoms with Crippen LogP contribution in [0.2, 0.25) is 0 Å². The molecule has 0 aromatic rings. The summed E-state index contributed by atoms with van der Waals surface area (Å²) in [6.07, 6.45) is -0.222. The van der Waals surface area contributed by atoms with Crippen molar-refractivity contribution in [3.63, 3.8) is 0 Å². The van der Waals surface area contributed by atoms with Gasteiger partial charge in [-0.3, -0.25) is 4.90 Å². The Morgan fingerprint density at radius 1 is 1.11 bits per heavy atom. The number of nitrogens with zero attached hydrogens (tertiary/aromatic N) is 1. The van der Waals surface area contributed by atoms with Crippen molar-refractivity contribution in [1.82, 2.24) is 4.90 Å². The van der Waals surface area contributed by atoms with Gasteiger partial charge >= 0.3 is 0 Å².